The number of nitrogens with zero attached hydrogens (tertiary/aromatic N) is 2. The molecular weight excluding hydrogens is 1000 g/mol. The molecule has 0 atom stereocenters. The van der Waals surface area contributed by atoms with Gasteiger partial charge in [-0.2, -0.15) is 0 Å². The molecule has 83 heavy (non-hydrogen) atoms. The minimum atomic E-state index is -0.545. The second-order valence-corrected chi connectivity index (χ2v) is 22.8. The summed E-state index contributed by atoms with van der Waals surface area (Å²) in [7, 11) is 0. The van der Waals surface area contributed by atoms with Crippen molar-refractivity contribution < 1.29 is 0 Å². The summed E-state index contributed by atoms with van der Waals surface area (Å²) in [6.45, 7) is 4.41. The normalized spacial score (nSPS) is 13.8. The van der Waals surface area contributed by atoms with Crippen LogP contribution in [0.15, 0.2) is 297 Å². The third-order valence-electron chi connectivity index (χ3n) is 18.3. The number of hydrogen-bond acceptors (Lipinski definition) is 2. The summed E-state index contributed by atoms with van der Waals surface area (Å²) in [4.78, 5) is 5.04. The quantitative estimate of drug-likeness (QED) is 0.126. The van der Waals surface area contributed by atoms with Crippen LogP contribution in [0.25, 0.3) is 49.9 Å². The fourth-order valence-corrected chi connectivity index (χ4v) is 15.0. The van der Waals surface area contributed by atoms with Crippen LogP contribution in [-0.4, -0.2) is 0 Å². The number of aryl methyl sites for hydroxylation is 2. The third-order valence-corrected chi connectivity index (χ3v) is 18.3. The number of hydrogen-bond donors (Lipinski definition) is 0. The fraction of sp³-hybridized carbons (Fsp3) is 0.0617. The van der Waals surface area contributed by atoms with Crippen LogP contribution >= 0.6 is 0 Å². The molecular formula is C81H58N2. The van der Waals surface area contributed by atoms with Gasteiger partial charge in [0.25, 0.3) is 0 Å². The minimum absolute atomic E-state index is 0.543. The number of fused-ring (bicyclic) bond motifs is 6. The van der Waals surface area contributed by atoms with Gasteiger partial charge in [0.2, 0.25) is 0 Å². The minimum Gasteiger partial charge on any atom is -0.310 e. The lowest BCUT2D eigenvalue weighted by atomic mass is 9.67. The highest BCUT2D eigenvalue weighted by Gasteiger charge is 2.48. The second-order valence-electron chi connectivity index (χ2n) is 22.8. The van der Waals surface area contributed by atoms with E-state index in [1.165, 1.54) is 116 Å². The number of benzene rings is 13. The molecule has 16 rings (SSSR count). The van der Waals surface area contributed by atoms with E-state index in [1.807, 2.05) is 0 Å². The molecule has 0 amide bonds. The van der Waals surface area contributed by atoms with Crippen LogP contribution in [0.5, 0.6) is 0 Å². The number of allylic oxidation sites excluding steroid dienone is 1. The van der Waals surface area contributed by atoms with Gasteiger partial charge in [0, 0.05) is 28.1 Å². The summed E-state index contributed by atoms with van der Waals surface area (Å²) in [5, 5.41) is 4.98. The predicted octanol–water partition coefficient (Wildman–Crippen LogP) is 20.8. The van der Waals surface area contributed by atoms with Gasteiger partial charge >= 0.3 is 0 Å². The van der Waals surface area contributed by atoms with E-state index in [4.69, 9.17) is 0 Å². The average Bonchev–Trinajstić information content (AvgIpc) is 1.80. The molecule has 13 aromatic carbocycles. The molecule has 0 spiro atoms. The van der Waals surface area contributed by atoms with Crippen LogP contribution in [0.2, 0.25) is 0 Å². The van der Waals surface area contributed by atoms with Crippen LogP contribution < -0.4 is 9.80 Å². The van der Waals surface area contributed by atoms with Gasteiger partial charge in [-0.3, -0.25) is 0 Å². The maximum absolute atomic E-state index is 2.53. The summed E-state index contributed by atoms with van der Waals surface area (Å²) in [5.41, 5.74) is 25.9. The lowest BCUT2D eigenvalue weighted by Crippen LogP contribution is -2.28. The zero-order valence-corrected chi connectivity index (χ0v) is 46.5. The van der Waals surface area contributed by atoms with Crippen LogP contribution in [0.3, 0.4) is 0 Å². The first-order chi connectivity index (χ1) is 41.0. The monoisotopic (exact) mass is 1060 g/mol. The Kier molecular flexibility index (Phi) is 11.2. The Balaban J connectivity index is 0.916. The summed E-state index contributed by atoms with van der Waals surface area (Å²) in [5.74, 6) is 0. The highest BCUT2D eigenvalue weighted by atomic mass is 15.2. The zero-order chi connectivity index (χ0) is 55.2. The Morgan fingerprint density at radius 1 is 0.313 bits per heavy atom. The van der Waals surface area contributed by atoms with E-state index in [9.17, 15) is 0 Å². The van der Waals surface area contributed by atoms with Crippen molar-refractivity contribution in [3.05, 3.63) is 364 Å². The van der Waals surface area contributed by atoms with Crippen LogP contribution in [0.4, 0.5) is 34.1 Å². The van der Waals surface area contributed by atoms with Gasteiger partial charge in [0.1, 0.15) is 0 Å². The van der Waals surface area contributed by atoms with E-state index in [2.05, 4.69) is 327 Å². The van der Waals surface area contributed by atoms with Gasteiger partial charge in [-0.05, 0) is 186 Å². The van der Waals surface area contributed by atoms with E-state index in [0.717, 1.165) is 34.9 Å². The van der Waals surface area contributed by atoms with Crippen LogP contribution in [-0.2, 0) is 17.3 Å². The molecule has 3 aliphatic rings. The van der Waals surface area contributed by atoms with Crippen molar-refractivity contribution >= 4 is 61.7 Å². The first kappa shape index (κ1) is 48.6. The molecule has 0 radical (unpaired) electrons. The molecule has 392 valence electrons. The second kappa shape index (κ2) is 19.2. The molecule has 0 unspecified atom stereocenters. The summed E-state index contributed by atoms with van der Waals surface area (Å²) < 4.78 is 0. The summed E-state index contributed by atoms with van der Waals surface area (Å²) >= 11 is 0. The Bertz CT molecular complexity index is 4670. The Labute approximate surface area is 486 Å². The van der Waals surface area contributed by atoms with Gasteiger partial charge in [-0.1, -0.05) is 243 Å². The van der Waals surface area contributed by atoms with Crippen molar-refractivity contribution in [2.45, 2.75) is 31.1 Å². The molecule has 0 fully saturated rings. The number of anilines is 6. The highest BCUT2D eigenvalue weighted by Crippen LogP contribution is 2.59. The predicted molar refractivity (Wildman–Crippen MR) is 348 cm³/mol. The molecule has 13 aromatic rings. The molecule has 2 nitrogen and oxygen atoms in total. The molecule has 0 aromatic heterocycles. The summed E-state index contributed by atoms with van der Waals surface area (Å²) in [6, 6.07) is 109. The Hall–Kier alpha value is -10.3. The lowest BCUT2D eigenvalue weighted by molar-refractivity contribution is 0.768. The van der Waals surface area contributed by atoms with E-state index in [0.29, 0.717) is 0 Å². The van der Waals surface area contributed by atoms with Crippen molar-refractivity contribution in [2.24, 2.45) is 0 Å². The van der Waals surface area contributed by atoms with Crippen molar-refractivity contribution in [3.8, 4) is 22.3 Å². The molecule has 0 saturated heterocycles. The maximum atomic E-state index is 2.53. The lowest BCUT2D eigenvalue weighted by Gasteiger charge is -2.35. The average molecular weight is 1060 g/mol. The standard InChI is InChI=1S/C81H58N2/c1-54-22-17-31-62(50-54)82(64-33-20-29-60(52-64)80(58-25-5-3-6-26-58)72-40-13-9-35-66(72)67-36-10-14-41-73(67)80)76-49-46-57-44-47-71-77(48-45-56-24-19-39-70(76)79(57)78(56)71)83(63-32-18-23-55(2)51-63)65-34-21-30-61(53-65)81(59-27-7-4-8-28-59)74-42-15-11-37-68(74)69-38-12-16-43-75(69)81/h3-38,40-53H,39H2,1-2H3. The summed E-state index contributed by atoms with van der Waals surface area (Å²) in [6.07, 6.45) is 5.51. The van der Waals surface area contributed by atoms with Crippen molar-refractivity contribution in [1.29, 1.82) is 0 Å². The van der Waals surface area contributed by atoms with Gasteiger partial charge in [-0.25, -0.2) is 0 Å². The molecule has 0 aliphatic heterocycles. The maximum Gasteiger partial charge on any atom is 0.0714 e. The zero-order valence-electron chi connectivity index (χ0n) is 46.5. The van der Waals surface area contributed by atoms with Gasteiger partial charge in [0.05, 0.1) is 22.2 Å². The van der Waals surface area contributed by atoms with Crippen molar-refractivity contribution in [1.82, 2.24) is 0 Å². The van der Waals surface area contributed by atoms with E-state index >= 15 is 0 Å². The molecule has 0 bridgehead atoms. The van der Waals surface area contributed by atoms with E-state index < -0.39 is 10.8 Å². The first-order valence-corrected chi connectivity index (χ1v) is 29.1. The first-order valence-electron chi connectivity index (χ1n) is 29.1. The van der Waals surface area contributed by atoms with Crippen LogP contribution in [0.1, 0.15) is 66.8 Å². The Morgan fingerprint density at radius 2 is 0.711 bits per heavy atom. The molecule has 3 aliphatic carbocycles. The molecule has 0 heterocycles. The topological polar surface area (TPSA) is 6.48 Å². The van der Waals surface area contributed by atoms with Crippen molar-refractivity contribution in [3.63, 3.8) is 0 Å². The smallest absolute Gasteiger partial charge is 0.0714 e. The Morgan fingerprint density at radius 3 is 1.19 bits per heavy atom. The van der Waals surface area contributed by atoms with E-state index in [1.54, 1.807) is 0 Å². The van der Waals surface area contributed by atoms with Crippen LogP contribution in [0, 0.1) is 13.8 Å². The molecule has 0 N–H and O–H groups in total. The third kappa shape index (κ3) is 7.29. The number of rotatable bonds is 10. The fourth-order valence-electron chi connectivity index (χ4n) is 15.0. The molecule has 0 saturated carbocycles. The van der Waals surface area contributed by atoms with Gasteiger partial charge in [0.15, 0.2) is 0 Å². The largest absolute Gasteiger partial charge is 0.310 e. The SMILES string of the molecule is Cc1cccc(N(c2cccc(C3(c4ccccc4)c4ccccc4-c4ccccc43)c2)c2ccc3ccc4c(N(c5cccc(C)c5)c5cccc(C6(c7ccccc7)c7ccccc7-c7ccccc76)c5)ccc5c4c3c2CC=C5)c1. The molecule has 2 heteroatoms. The van der Waals surface area contributed by atoms with Crippen molar-refractivity contribution in [2.75, 3.05) is 9.80 Å². The van der Waals surface area contributed by atoms with Gasteiger partial charge in [-0.15, -0.1) is 0 Å². The van der Waals surface area contributed by atoms with Gasteiger partial charge < -0.3 is 9.80 Å². The van der Waals surface area contributed by atoms with E-state index in [-0.39, 0.29) is 0 Å². The highest BCUT2D eigenvalue weighted by molar-refractivity contribution is 6.19.